The average Bonchev–Trinajstić information content (AvgIpc) is 2.64. The number of H-pyrrole nitrogens is 1. The van der Waals surface area contributed by atoms with Crippen molar-refractivity contribution in [1.82, 2.24) is 10.2 Å². The van der Waals surface area contributed by atoms with E-state index in [1.54, 1.807) is 0 Å². The number of methoxy groups -OCH3 is 1. The SMILES string of the molecule is COC(=O)c1[nH]ncc1C#CCC(N)=O. The van der Waals surface area contributed by atoms with Gasteiger partial charge < -0.3 is 10.5 Å². The lowest BCUT2D eigenvalue weighted by Crippen LogP contribution is -2.08. The number of primary amides is 1. The first-order valence-corrected chi connectivity index (χ1v) is 4.04. The monoisotopic (exact) mass is 207 g/mol. The van der Waals surface area contributed by atoms with Crippen LogP contribution in [0.25, 0.3) is 0 Å². The van der Waals surface area contributed by atoms with Gasteiger partial charge in [0, 0.05) is 0 Å². The third-order valence-electron chi connectivity index (χ3n) is 1.51. The number of hydrogen-bond donors (Lipinski definition) is 2. The van der Waals surface area contributed by atoms with Gasteiger partial charge in [0.1, 0.15) is 0 Å². The zero-order chi connectivity index (χ0) is 11.3. The number of rotatable bonds is 2. The maximum absolute atomic E-state index is 11.1. The summed E-state index contributed by atoms with van der Waals surface area (Å²) in [5, 5.41) is 6.10. The highest BCUT2D eigenvalue weighted by atomic mass is 16.5. The lowest BCUT2D eigenvalue weighted by atomic mass is 10.2. The Kier molecular flexibility index (Phi) is 3.46. The number of nitrogens with two attached hydrogens (primary N) is 1. The van der Waals surface area contributed by atoms with Crippen LogP contribution in [0.3, 0.4) is 0 Å². The molecule has 78 valence electrons. The molecule has 0 aromatic carbocycles. The summed E-state index contributed by atoms with van der Waals surface area (Å²) in [5.74, 6) is 4.03. The van der Waals surface area contributed by atoms with Gasteiger partial charge in [-0.15, -0.1) is 0 Å². The lowest BCUT2D eigenvalue weighted by Gasteiger charge is -1.93. The second-order valence-electron chi connectivity index (χ2n) is 2.60. The summed E-state index contributed by atoms with van der Waals surface area (Å²) in [7, 11) is 1.25. The Morgan fingerprint density at radius 2 is 2.40 bits per heavy atom. The highest BCUT2D eigenvalue weighted by Crippen LogP contribution is 2.03. The first-order valence-electron chi connectivity index (χ1n) is 4.04. The fourth-order valence-electron chi connectivity index (χ4n) is 0.865. The number of carbonyl (C=O) groups excluding carboxylic acids is 2. The number of carbonyl (C=O) groups is 2. The summed E-state index contributed by atoms with van der Waals surface area (Å²) in [6, 6.07) is 0. The smallest absolute Gasteiger partial charge is 0.357 e. The van der Waals surface area contributed by atoms with Gasteiger partial charge in [-0.25, -0.2) is 4.79 Å². The molecule has 0 bridgehead atoms. The van der Waals surface area contributed by atoms with E-state index in [-0.39, 0.29) is 12.1 Å². The summed E-state index contributed by atoms with van der Waals surface area (Å²) < 4.78 is 4.49. The molecule has 0 aliphatic rings. The molecule has 0 radical (unpaired) electrons. The van der Waals surface area contributed by atoms with Crippen molar-refractivity contribution in [2.45, 2.75) is 6.42 Å². The molecule has 0 aliphatic carbocycles. The molecule has 0 atom stereocenters. The predicted octanol–water partition coefficient (Wildman–Crippen LogP) is -0.577. The molecule has 0 aliphatic heterocycles. The van der Waals surface area contributed by atoms with Gasteiger partial charge in [0.2, 0.25) is 5.91 Å². The fourth-order valence-corrected chi connectivity index (χ4v) is 0.865. The Labute approximate surface area is 85.8 Å². The zero-order valence-corrected chi connectivity index (χ0v) is 8.03. The van der Waals surface area contributed by atoms with Crippen molar-refractivity contribution in [3.05, 3.63) is 17.5 Å². The minimum Gasteiger partial charge on any atom is -0.464 e. The molecular formula is C9H9N3O3. The standard InChI is InChI=1S/C9H9N3O3/c1-15-9(14)8-6(5-11-12-8)3-2-4-7(10)13/h5H,4H2,1H3,(H2,10,13)(H,11,12). The van der Waals surface area contributed by atoms with Crippen LogP contribution >= 0.6 is 0 Å². The molecule has 1 amide bonds. The first-order chi connectivity index (χ1) is 7.15. The average molecular weight is 207 g/mol. The van der Waals surface area contributed by atoms with Gasteiger partial charge in [-0.1, -0.05) is 11.8 Å². The number of amides is 1. The van der Waals surface area contributed by atoms with Crippen molar-refractivity contribution in [3.8, 4) is 11.8 Å². The molecule has 6 nitrogen and oxygen atoms in total. The fraction of sp³-hybridized carbons (Fsp3) is 0.222. The molecule has 6 heteroatoms. The van der Waals surface area contributed by atoms with Crippen LogP contribution in [0.15, 0.2) is 6.20 Å². The van der Waals surface area contributed by atoms with Gasteiger partial charge in [-0.3, -0.25) is 9.89 Å². The predicted molar refractivity (Wildman–Crippen MR) is 50.6 cm³/mol. The Balaban J connectivity index is 2.85. The maximum atomic E-state index is 11.1. The van der Waals surface area contributed by atoms with Crippen LogP contribution in [0.5, 0.6) is 0 Å². The molecular weight excluding hydrogens is 198 g/mol. The number of esters is 1. The van der Waals surface area contributed by atoms with Crippen molar-refractivity contribution in [2.24, 2.45) is 5.73 Å². The summed E-state index contributed by atoms with van der Waals surface area (Å²) in [4.78, 5) is 21.5. The van der Waals surface area contributed by atoms with Crippen molar-refractivity contribution in [3.63, 3.8) is 0 Å². The topological polar surface area (TPSA) is 98.1 Å². The second-order valence-corrected chi connectivity index (χ2v) is 2.60. The Morgan fingerprint density at radius 3 is 3.00 bits per heavy atom. The second kappa shape index (κ2) is 4.81. The van der Waals surface area contributed by atoms with Crippen molar-refractivity contribution in [2.75, 3.05) is 7.11 Å². The number of ether oxygens (including phenoxy) is 1. The lowest BCUT2D eigenvalue weighted by molar-refractivity contribution is -0.117. The highest BCUT2D eigenvalue weighted by Gasteiger charge is 2.11. The van der Waals surface area contributed by atoms with E-state index in [1.807, 2.05) is 0 Å². The third kappa shape index (κ3) is 2.84. The number of nitrogens with one attached hydrogen (secondary N) is 1. The molecule has 1 aromatic rings. The molecule has 0 saturated heterocycles. The van der Waals surface area contributed by atoms with E-state index in [0.29, 0.717) is 5.56 Å². The van der Waals surface area contributed by atoms with E-state index in [2.05, 4.69) is 26.8 Å². The van der Waals surface area contributed by atoms with Crippen molar-refractivity contribution in [1.29, 1.82) is 0 Å². The van der Waals surface area contributed by atoms with E-state index in [0.717, 1.165) is 0 Å². The molecule has 1 aromatic heterocycles. The molecule has 3 N–H and O–H groups in total. The minimum absolute atomic E-state index is 0.0637. The molecule has 0 saturated carbocycles. The molecule has 1 heterocycles. The molecule has 0 fully saturated rings. The van der Waals surface area contributed by atoms with Crippen LogP contribution < -0.4 is 5.73 Å². The molecule has 0 spiro atoms. The van der Waals surface area contributed by atoms with Crippen LogP contribution in [-0.2, 0) is 9.53 Å². The normalized spacial score (nSPS) is 8.87. The largest absolute Gasteiger partial charge is 0.464 e. The first kappa shape index (κ1) is 10.8. The summed E-state index contributed by atoms with van der Waals surface area (Å²) in [6.45, 7) is 0. The summed E-state index contributed by atoms with van der Waals surface area (Å²) in [6.07, 6.45) is 1.31. The quantitative estimate of drug-likeness (QED) is 0.500. The number of aromatic nitrogens is 2. The molecule has 1 rings (SSSR count). The van der Waals surface area contributed by atoms with Gasteiger partial charge in [-0.2, -0.15) is 5.10 Å². The van der Waals surface area contributed by atoms with E-state index < -0.39 is 11.9 Å². The van der Waals surface area contributed by atoms with Gasteiger partial charge in [0.05, 0.1) is 25.3 Å². The van der Waals surface area contributed by atoms with Crippen LogP contribution in [0, 0.1) is 11.8 Å². The maximum Gasteiger partial charge on any atom is 0.357 e. The van der Waals surface area contributed by atoms with Gasteiger partial charge in [0.25, 0.3) is 0 Å². The molecule has 15 heavy (non-hydrogen) atoms. The number of hydrogen-bond acceptors (Lipinski definition) is 4. The van der Waals surface area contributed by atoms with E-state index in [1.165, 1.54) is 13.3 Å². The summed E-state index contributed by atoms with van der Waals surface area (Å²) >= 11 is 0. The van der Waals surface area contributed by atoms with Gasteiger partial charge in [0.15, 0.2) is 5.69 Å². The van der Waals surface area contributed by atoms with Gasteiger partial charge in [-0.05, 0) is 0 Å². The van der Waals surface area contributed by atoms with Crippen molar-refractivity contribution < 1.29 is 14.3 Å². The van der Waals surface area contributed by atoms with Crippen LogP contribution in [0.2, 0.25) is 0 Å². The third-order valence-corrected chi connectivity index (χ3v) is 1.51. The Morgan fingerprint density at radius 1 is 1.67 bits per heavy atom. The highest BCUT2D eigenvalue weighted by molar-refractivity contribution is 5.90. The molecule has 0 unspecified atom stereocenters. The van der Waals surface area contributed by atoms with Crippen molar-refractivity contribution >= 4 is 11.9 Å². The Hall–Kier alpha value is -2.29. The van der Waals surface area contributed by atoms with E-state index in [9.17, 15) is 9.59 Å². The number of nitrogens with zero attached hydrogens (tertiary/aromatic N) is 1. The summed E-state index contributed by atoms with van der Waals surface area (Å²) in [5.41, 5.74) is 5.44. The number of aromatic amines is 1. The van der Waals surface area contributed by atoms with Gasteiger partial charge >= 0.3 is 5.97 Å². The van der Waals surface area contributed by atoms with Crippen LogP contribution in [-0.4, -0.2) is 29.2 Å². The van der Waals surface area contributed by atoms with Crippen LogP contribution in [0.4, 0.5) is 0 Å². The van der Waals surface area contributed by atoms with Crippen LogP contribution in [0.1, 0.15) is 22.5 Å². The minimum atomic E-state index is -0.559. The van der Waals surface area contributed by atoms with E-state index in [4.69, 9.17) is 5.73 Å². The Bertz CT molecular complexity index is 439. The van der Waals surface area contributed by atoms with E-state index >= 15 is 0 Å². The zero-order valence-electron chi connectivity index (χ0n) is 8.03.